The molecule has 1 N–H and O–H groups in total. The molecule has 0 aliphatic heterocycles. The molecular formula is C20H21Cl2NO4. The van der Waals surface area contributed by atoms with Crippen molar-refractivity contribution in [1.82, 2.24) is 0 Å². The molecule has 2 rings (SSSR count). The number of nitrogens with one attached hydrogen (secondary N) is 1. The van der Waals surface area contributed by atoms with Crippen LogP contribution in [0.1, 0.15) is 37.6 Å². The highest BCUT2D eigenvalue weighted by molar-refractivity contribution is 6.35. The van der Waals surface area contributed by atoms with Crippen molar-refractivity contribution in [2.75, 3.05) is 5.32 Å². The standard InChI is InChI=1S/C20H21Cl2NO4/c1-4-12(2)26-20(25)13(3)27-16-8-5-14(6-9-16)19(24)23-18-11-15(21)7-10-17(18)22/h5-13H,4H2,1-3H3,(H,23,24). The zero-order valence-corrected chi connectivity index (χ0v) is 16.8. The highest BCUT2D eigenvalue weighted by atomic mass is 35.5. The summed E-state index contributed by atoms with van der Waals surface area (Å²) in [7, 11) is 0. The molecule has 144 valence electrons. The lowest BCUT2D eigenvalue weighted by Gasteiger charge is -2.17. The monoisotopic (exact) mass is 409 g/mol. The highest BCUT2D eigenvalue weighted by Gasteiger charge is 2.18. The van der Waals surface area contributed by atoms with Crippen molar-refractivity contribution in [1.29, 1.82) is 0 Å². The van der Waals surface area contributed by atoms with Crippen LogP contribution >= 0.6 is 23.2 Å². The Bertz CT molecular complexity index is 808. The van der Waals surface area contributed by atoms with E-state index in [9.17, 15) is 9.59 Å². The zero-order valence-electron chi connectivity index (χ0n) is 15.3. The molecule has 2 aromatic rings. The fourth-order valence-corrected chi connectivity index (χ4v) is 2.44. The van der Waals surface area contributed by atoms with Crippen molar-refractivity contribution < 1.29 is 19.1 Å². The summed E-state index contributed by atoms with van der Waals surface area (Å²) in [6.07, 6.45) is -0.171. The van der Waals surface area contributed by atoms with Crippen LogP contribution < -0.4 is 10.1 Å². The molecule has 0 aliphatic rings. The second-order valence-corrected chi connectivity index (χ2v) is 6.86. The maximum atomic E-state index is 12.3. The number of carbonyl (C=O) groups is 2. The lowest BCUT2D eigenvalue weighted by Crippen LogP contribution is -2.29. The van der Waals surface area contributed by atoms with Crippen LogP contribution in [0.25, 0.3) is 0 Å². The van der Waals surface area contributed by atoms with Gasteiger partial charge in [-0.05, 0) is 62.7 Å². The normalized spacial score (nSPS) is 12.8. The van der Waals surface area contributed by atoms with Gasteiger partial charge in [0.2, 0.25) is 0 Å². The van der Waals surface area contributed by atoms with Gasteiger partial charge < -0.3 is 14.8 Å². The number of halogens is 2. The van der Waals surface area contributed by atoms with Crippen molar-refractivity contribution in [2.45, 2.75) is 39.4 Å². The van der Waals surface area contributed by atoms with Gasteiger partial charge in [-0.15, -0.1) is 0 Å². The van der Waals surface area contributed by atoms with Crippen molar-refractivity contribution in [3.63, 3.8) is 0 Å². The Morgan fingerprint density at radius 3 is 2.37 bits per heavy atom. The maximum absolute atomic E-state index is 12.3. The number of anilines is 1. The Kier molecular flexibility index (Phi) is 7.51. The molecule has 0 spiro atoms. The topological polar surface area (TPSA) is 64.6 Å². The first-order chi connectivity index (χ1) is 12.8. The minimum absolute atomic E-state index is 0.159. The Morgan fingerprint density at radius 2 is 1.74 bits per heavy atom. The van der Waals surface area contributed by atoms with Gasteiger partial charge in [0.1, 0.15) is 5.75 Å². The first kappa shape index (κ1) is 21.1. The number of ether oxygens (including phenoxy) is 2. The third-order valence-corrected chi connectivity index (χ3v) is 4.39. The largest absolute Gasteiger partial charge is 0.479 e. The Labute approximate surface area is 168 Å². The number of rotatable bonds is 7. The summed E-state index contributed by atoms with van der Waals surface area (Å²) < 4.78 is 10.8. The number of hydrogen-bond acceptors (Lipinski definition) is 4. The second-order valence-electron chi connectivity index (χ2n) is 6.02. The SMILES string of the molecule is CCC(C)OC(=O)C(C)Oc1ccc(C(=O)Nc2cc(Cl)ccc2Cl)cc1. The van der Waals surface area contributed by atoms with E-state index in [2.05, 4.69) is 5.32 Å². The molecule has 7 heteroatoms. The summed E-state index contributed by atoms with van der Waals surface area (Å²) in [5.41, 5.74) is 0.837. The quantitative estimate of drug-likeness (QED) is 0.625. The predicted octanol–water partition coefficient (Wildman–Crippen LogP) is 5.35. The first-order valence-corrected chi connectivity index (χ1v) is 9.29. The molecular weight excluding hydrogens is 389 g/mol. The molecule has 2 unspecified atom stereocenters. The van der Waals surface area contributed by atoms with Crippen molar-refractivity contribution >= 4 is 40.8 Å². The van der Waals surface area contributed by atoms with Crippen LogP contribution in [0.15, 0.2) is 42.5 Å². The number of benzene rings is 2. The maximum Gasteiger partial charge on any atom is 0.347 e. The van der Waals surface area contributed by atoms with Crippen LogP contribution in [-0.2, 0) is 9.53 Å². The molecule has 0 bridgehead atoms. The summed E-state index contributed by atoms with van der Waals surface area (Å²) in [5, 5.41) is 3.56. The molecule has 5 nitrogen and oxygen atoms in total. The van der Waals surface area contributed by atoms with E-state index < -0.39 is 12.1 Å². The fourth-order valence-electron chi connectivity index (χ4n) is 2.10. The van der Waals surface area contributed by atoms with Crippen molar-refractivity contribution in [3.8, 4) is 5.75 Å². The molecule has 0 radical (unpaired) electrons. The molecule has 27 heavy (non-hydrogen) atoms. The van der Waals surface area contributed by atoms with Gasteiger partial charge in [0, 0.05) is 10.6 Å². The van der Waals surface area contributed by atoms with Gasteiger partial charge in [0.15, 0.2) is 6.10 Å². The zero-order chi connectivity index (χ0) is 20.0. The van der Waals surface area contributed by atoms with Crippen LogP contribution in [-0.4, -0.2) is 24.1 Å². The third kappa shape index (κ3) is 6.15. The van der Waals surface area contributed by atoms with Gasteiger partial charge in [-0.1, -0.05) is 30.1 Å². The van der Waals surface area contributed by atoms with Crippen LogP contribution in [0.3, 0.4) is 0 Å². The van der Waals surface area contributed by atoms with Gasteiger partial charge in [-0.2, -0.15) is 0 Å². The molecule has 2 atom stereocenters. The summed E-state index contributed by atoms with van der Waals surface area (Å²) >= 11 is 12.0. The minimum Gasteiger partial charge on any atom is -0.479 e. The number of amides is 1. The average molecular weight is 410 g/mol. The summed E-state index contributed by atoms with van der Waals surface area (Å²) in [5.74, 6) is -0.308. The van der Waals surface area contributed by atoms with E-state index in [0.717, 1.165) is 6.42 Å². The van der Waals surface area contributed by atoms with Gasteiger partial charge in [-0.25, -0.2) is 4.79 Å². The average Bonchev–Trinajstić information content (AvgIpc) is 2.65. The molecule has 0 fully saturated rings. The lowest BCUT2D eigenvalue weighted by molar-refractivity contribution is -0.155. The van der Waals surface area contributed by atoms with Crippen LogP contribution in [0, 0.1) is 0 Å². The molecule has 0 saturated carbocycles. The summed E-state index contributed by atoms with van der Waals surface area (Å²) in [6, 6.07) is 11.2. The molecule has 1 amide bonds. The van der Waals surface area contributed by atoms with Crippen molar-refractivity contribution in [2.24, 2.45) is 0 Å². The molecule has 2 aromatic carbocycles. The highest BCUT2D eigenvalue weighted by Crippen LogP contribution is 2.26. The second kappa shape index (κ2) is 9.62. The van der Waals surface area contributed by atoms with Gasteiger partial charge in [0.25, 0.3) is 5.91 Å². The third-order valence-electron chi connectivity index (χ3n) is 3.83. The summed E-state index contributed by atoms with van der Waals surface area (Å²) in [6.45, 7) is 5.38. The van der Waals surface area contributed by atoms with Crippen molar-refractivity contribution in [3.05, 3.63) is 58.1 Å². The van der Waals surface area contributed by atoms with E-state index in [-0.39, 0.29) is 12.0 Å². The van der Waals surface area contributed by atoms with E-state index >= 15 is 0 Å². The molecule has 0 heterocycles. The van der Waals surface area contributed by atoms with Crippen LogP contribution in [0.5, 0.6) is 5.75 Å². The molecule has 0 saturated heterocycles. The molecule has 0 aromatic heterocycles. The van der Waals surface area contributed by atoms with Gasteiger partial charge in [0.05, 0.1) is 16.8 Å². The predicted molar refractivity (Wildman–Crippen MR) is 107 cm³/mol. The first-order valence-electron chi connectivity index (χ1n) is 8.53. The Balaban J connectivity index is 1.99. The Morgan fingerprint density at radius 1 is 1.07 bits per heavy atom. The van der Waals surface area contributed by atoms with Gasteiger partial charge >= 0.3 is 5.97 Å². The van der Waals surface area contributed by atoms with Gasteiger partial charge in [-0.3, -0.25) is 4.79 Å². The Hall–Kier alpha value is -2.24. The summed E-state index contributed by atoms with van der Waals surface area (Å²) in [4.78, 5) is 24.3. The van der Waals surface area contributed by atoms with E-state index in [1.165, 1.54) is 0 Å². The van der Waals surface area contributed by atoms with E-state index in [0.29, 0.717) is 27.0 Å². The number of carbonyl (C=O) groups excluding carboxylic acids is 2. The van der Waals surface area contributed by atoms with E-state index in [4.69, 9.17) is 32.7 Å². The number of hydrogen-bond donors (Lipinski definition) is 1. The smallest absolute Gasteiger partial charge is 0.347 e. The van der Waals surface area contributed by atoms with E-state index in [1.807, 2.05) is 13.8 Å². The number of esters is 1. The lowest BCUT2D eigenvalue weighted by atomic mass is 10.2. The minimum atomic E-state index is -0.746. The van der Waals surface area contributed by atoms with Crippen LogP contribution in [0.2, 0.25) is 10.0 Å². The van der Waals surface area contributed by atoms with E-state index in [1.54, 1.807) is 49.4 Å². The molecule has 0 aliphatic carbocycles. The fraction of sp³-hybridized carbons (Fsp3) is 0.300. The van der Waals surface area contributed by atoms with Crippen LogP contribution in [0.4, 0.5) is 5.69 Å².